The van der Waals surface area contributed by atoms with E-state index in [2.05, 4.69) is 15.3 Å². The molecule has 31 heavy (non-hydrogen) atoms. The average molecular weight is 477 g/mol. The van der Waals surface area contributed by atoms with Crippen LogP contribution in [0.1, 0.15) is 18.4 Å². The van der Waals surface area contributed by atoms with Crippen molar-refractivity contribution in [3.05, 3.63) is 58.7 Å². The maximum atomic E-state index is 12.8. The lowest BCUT2D eigenvalue weighted by Crippen LogP contribution is -2.41. The summed E-state index contributed by atoms with van der Waals surface area (Å²) in [5, 5.41) is 5.28. The van der Waals surface area contributed by atoms with Crippen LogP contribution in [0.25, 0.3) is 11.3 Å². The second-order valence-corrected chi connectivity index (χ2v) is 10.5. The van der Waals surface area contributed by atoms with Gasteiger partial charge in [-0.05, 0) is 31.9 Å². The van der Waals surface area contributed by atoms with Crippen LogP contribution in [-0.2, 0) is 14.8 Å². The number of carbonyl (C=O) groups excluding carboxylic acids is 1. The van der Waals surface area contributed by atoms with Crippen molar-refractivity contribution >= 4 is 44.0 Å². The average Bonchev–Trinajstić information content (AvgIpc) is 3.23. The van der Waals surface area contributed by atoms with Crippen LogP contribution in [0.5, 0.6) is 0 Å². The number of amides is 1. The lowest BCUT2D eigenvalue weighted by molar-refractivity contribution is -0.120. The number of nitrogens with one attached hydrogen (secondary N) is 1. The molecule has 1 amide bonds. The molecule has 0 radical (unpaired) electrons. The fraction of sp³-hybridized carbons (Fsp3) is 0.286. The molecule has 4 rings (SSSR count). The largest absolute Gasteiger partial charge is 0.302 e. The highest BCUT2D eigenvalue weighted by Gasteiger charge is 2.33. The van der Waals surface area contributed by atoms with E-state index >= 15 is 0 Å². The third kappa shape index (κ3) is 4.79. The van der Waals surface area contributed by atoms with Gasteiger partial charge >= 0.3 is 0 Å². The van der Waals surface area contributed by atoms with Crippen molar-refractivity contribution in [2.45, 2.75) is 24.7 Å². The molecule has 0 saturated carbocycles. The van der Waals surface area contributed by atoms with E-state index in [1.807, 2.05) is 36.6 Å². The summed E-state index contributed by atoms with van der Waals surface area (Å²) in [4.78, 5) is 21.0. The minimum atomic E-state index is -3.73. The highest BCUT2D eigenvalue weighted by molar-refractivity contribution is 7.89. The number of hydrogen-bond acceptors (Lipinski definition) is 6. The van der Waals surface area contributed by atoms with Crippen LogP contribution in [0.3, 0.4) is 0 Å². The number of thiazole rings is 1. The normalized spacial score (nSPS) is 15.7. The number of piperidine rings is 1. The highest BCUT2D eigenvalue weighted by atomic mass is 35.5. The van der Waals surface area contributed by atoms with Gasteiger partial charge in [-0.2, -0.15) is 4.31 Å². The Balaban J connectivity index is 1.37. The molecule has 0 atom stereocenters. The van der Waals surface area contributed by atoms with E-state index in [-0.39, 0.29) is 35.0 Å². The van der Waals surface area contributed by atoms with Gasteiger partial charge < -0.3 is 5.32 Å². The minimum absolute atomic E-state index is 0.00834. The van der Waals surface area contributed by atoms with Crippen LogP contribution in [0, 0.1) is 12.8 Å². The van der Waals surface area contributed by atoms with E-state index in [4.69, 9.17) is 11.6 Å². The van der Waals surface area contributed by atoms with Gasteiger partial charge in [-0.25, -0.2) is 18.4 Å². The lowest BCUT2D eigenvalue weighted by atomic mass is 9.97. The maximum Gasteiger partial charge on any atom is 0.246 e. The Hall–Kier alpha value is -2.33. The van der Waals surface area contributed by atoms with Crippen LogP contribution < -0.4 is 5.32 Å². The van der Waals surface area contributed by atoms with Crippen molar-refractivity contribution < 1.29 is 13.2 Å². The number of nitrogens with zero attached hydrogens (tertiary/aromatic N) is 3. The number of halogens is 1. The number of rotatable bonds is 5. The SMILES string of the molecule is Cc1ccc(-c2csc(NC(=O)C3CCN(S(=O)(=O)c4cccnc4Cl)CC3)n2)cc1. The summed E-state index contributed by atoms with van der Waals surface area (Å²) in [6.07, 6.45) is 2.30. The molecule has 2 aromatic heterocycles. The zero-order valence-corrected chi connectivity index (χ0v) is 19.2. The van der Waals surface area contributed by atoms with Gasteiger partial charge in [0.25, 0.3) is 0 Å². The summed E-state index contributed by atoms with van der Waals surface area (Å²) in [5.41, 5.74) is 2.98. The first-order valence-corrected chi connectivity index (χ1v) is 12.5. The molecule has 1 saturated heterocycles. The molecule has 162 valence electrons. The van der Waals surface area contributed by atoms with Gasteiger partial charge in [0, 0.05) is 36.1 Å². The number of sulfonamides is 1. The highest BCUT2D eigenvalue weighted by Crippen LogP contribution is 2.29. The Kier molecular flexibility index (Phi) is 6.38. The van der Waals surface area contributed by atoms with E-state index in [0.717, 1.165) is 11.3 Å². The second-order valence-electron chi connectivity index (χ2n) is 7.36. The van der Waals surface area contributed by atoms with Crippen LogP contribution in [0.15, 0.2) is 52.9 Å². The van der Waals surface area contributed by atoms with Gasteiger partial charge in [-0.15, -0.1) is 11.3 Å². The Morgan fingerprint density at radius 1 is 1.19 bits per heavy atom. The summed E-state index contributed by atoms with van der Waals surface area (Å²) >= 11 is 7.34. The van der Waals surface area contributed by atoms with Gasteiger partial charge in [0.1, 0.15) is 10.0 Å². The molecule has 0 spiro atoms. The summed E-state index contributed by atoms with van der Waals surface area (Å²) in [6, 6.07) is 11.0. The minimum Gasteiger partial charge on any atom is -0.302 e. The Labute approximate surface area is 190 Å². The summed E-state index contributed by atoms with van der Waals surface area (Å²) in [6.45, 7) is 2.52. The zero-order valence-electron chi connectivity index (χ0n) is 16.8. The molecule has 0 bridgehead atoms. The van der Waals surface area contributed by atoms with E-state index < -0.39 is 10.0 Å². The molecule has 3 aromatic rings. The van der Waals surface area contributed by atoms with Crippen molar-refractivity contribution in [3.63, 3.8) is 0 Å². The van der Waals surface area contributed by atoms with E-state index in [9.17, 15) is 13.2 Å². The predicted molar refractivity (Wildman–Crippen MR) is 122 cm³/mol. The first-order valence-electron chi connectivity index (χ1n) is 9.78. The topological polar surface area (TPSA) is 92.3 Å². The molecule has 10 heteroatoms. The van der Waals surface area contributed by atoms with E-state index in [1.165, 1.54) is 39.5 Å². The summed E-state index contributed by atoms with van der Waals surface area (Å²) in [7, 11) is -3.73. The van der Waals surface area contributed by atoms with E-state index in [1.54, 1.807) is 0 Å². The van der Waals surface area contributed by atoms with Crippen molar-refractivity contribution in [1.29, 1.82) is 0 Å². The second kappa shape index (κ2) is 9.04. The number of aryl methyl sites for hydroxylation is 1. The molecule has 1 N–H and O–H groups in total. The van der Waals surface area contributed by atoms with Gasteiger partial charge in [0.15, 0.2) is 5.13 Å². The summed E-state index contributed by atoms with van der Waals surface area (Å²) in [5.74, 6) is -0.413. The molecule has 0 unspecified atom stereocenters. The van der Waals surface area contributed by atoms with Gasteiger partial charge in [-0.3, -0.25) is 4.79 Å². The standard InChI is InChI=1S/C21H21ClN4O3S2/c1-14-4-6-15(7-5-14)17-13-30-21(24-17)25-20(27)16-8-11-26(12-9-16)31(28,29)18-3-2-10-23-19(18)22/h2-7,10,13,16H,8-9,11-12H2,1H3,(H,24,25,27). The maximum absolute atomic E-state index is 12.8. The van der Waals surface area contributed by atoms with Crippen molar-refractivity contribution in [3.8, 4) is 11.3 Å². The number of pyridine rings is 1. The molecule has 7 nitrogen and oxygen atoms in total. The fourth-order valence-corrected chi connectivity index (χ4v) is 6.08. The third-order valence-corrected chi connectivity index (χ3v) is 8.35. The molecule has 1 aromatic carbocycles. The lowest BCUT2D eigenvalue weighted by Gasteiger charge is -2.30. The molecule has 0 aliphatic carbocycles. The number of hydrogen-bond donors (Lipinski definition) is 1. The number of carbonyl (C=O) groups is 1. The Morgan fingerprint density at radius 3 is 2.58 bits per heavy atom. The van der Waals surface area contributed by atoms with Crippen molar-refractivity contribution in [1.82, 2.24) is 14.3 Å². The van der Waals surface area contributed by atoms with Crippen LogP contribution >= 0.6 is 22.9 Å². The smallest absolute Gasteiger partial charge is 0.246 e. The molecule has 3 heterocycles. The molecular formula is C21H21ClN4O3S2. The number of benzene rings is 1. The monoisotopic (exact) mass is 476 g/mol. The first-order chi connectivity index (χ1) is 14.8. The van der Waals surface area contributed by atoms with Crippen molar-refractivity contribution in [2.24, 2.45) is 5.92 Å². The van der Waals surface area contributed by atoms with Crippen LogP contribution in [-0.4, -0.2) is 41.7 Å². The predicted octanol–water partition coefficient (Wildman–Crippen LogP) is 4.21. The van der Waals surface area contributed by atoms with E-state index in [0.29, 0.717) is 18.0 Å². The molecule has 1 aliphatic heterocycles. The van der Waals surface area contributed by atoms with Crippen LogP contribution in [0.4, 0.5) is 5.13 Å². The molecule has 1 fully saturated rings. The number of aromatic nitrogens is 2. The van der Waals surface area contributed by atoms with Gasteiger partial charge in [0.2, 0.25) is 15.9 Å². The Morgan fingerprint density at radius 2 is 1.90 bits per heavy atom. The van der Waals surface area contributed by atoms with Gasteiger partial charge in [-0.1, -0.05) is 41.4 Å². The van der Waals surface area contributed by atoms with Crippen molar-refractivity contribution in [2.75, 3.05) is 18.4 Å². The quantitative estimate of drug-likeness (QED) is 0.557. The first kappa shape index (κ1) is 21.9. The van der Waals surface area contributed by atoms with Gasteiger partial charge in [0.05, 0.1) is 5.69 Å². The summed E-state index contributed by atoms with van der Waals surface area (Å²) < 4.78 is 27.0. The molecule has 1 aliphatic rings. The Bertz CT molecular complexity index is 1190. The zero-order chi connectivity index (χ0) is 22.0. The third-order valence-electron chi connectivity index (χ3n) is 5.25. The fourth-order valence-electron chi connectivity index (χ4n) is 3.46. The van der Waals surface area contributed by atoms with Crippen LogP contribution in [0.2, 0.25) is 5.15 Å². The molecular weight excluding hydrogens is 456 g/mol. The number of anilines is 1.